The number of benzene rings is 8. The van der Waals surface area contributed by atoms with Crippen molar-refractivity contribution in [1.29, 1.82) is 0 Å². The fourth-order valence-corrected chi connectivity index (χ4v) is 7.47. The molecule has 0 saturated carbocycles. The molecule has 8 aromatic carbocycles. The Hall–Kier alpha value is -7.83. The first-order chi connectivity index (χ1) is 34.9. The highest BCUT2D eigenvalue weighted by atomic mass is 16.3. The molecule has 0 saturated heterocycles. The van der Waals surface area contributed by atoms with Gasteiger partial charge in [-0.25, -0.2) is 4.98 Å². The molecule has 0 bridgehead atoms. The minimum atomic E-state index is -0.755. The van der Waals surface area contributed by atoms with Crippen molar-refractivity contribution in [2.24, 2.45) is 0 Å². The largest absolute Gasteiger partial charge is 0.456 e. The average molecular weight is 747 g/mol. The van der Waals surface area contributed by atoms with Crippen LogP contribution in [0.2, 0.25) is 0 Å². The number of fused-ring (bicyclic) bond motifs is 10. The first-order valence-electron chi connectivity index (χ1n) is 25.7. The molecule has 0 radical (unpaired) electrons. The Morgan fingerprint density at radius 1 is 0.456 bits per heavy atom. The maximum atomic E-state index is 9.75. The molecule has 266 valence electrons. The molecule has 4 heterocycles. The van der Waals surface area contributed by atoms with Gasteiger partial charge in [0.25, 0.3) is 0 Å². The van der Waals surface area contributed by atoms with Gasteiger partial charge in [-0.2, -0.15) is 9.97 Å². The normalized spacial score (nSPS) is 15.8. The molecule has 0 aliphatic carbocycles. The van der Waals surface area contributed by atoms with E-state index < -0.39 is 142 Å². The van der Waals surface area contributed by atoms with E-state index in [4.69, 9.17) is 36.6 Å². The minimum Gasteiger partial charge on any atom is -0.456 e. The fourth-order valence-electron chi connectivity index (χ4n) is 7.47. The number of hydrogen-bond acceptors (Lipinski definition) is 5. The molecule has 0 spiro atoms. The maximum Gasteiger partial charge on any atom is 0.238 e. The van der Waals surface area contributed by atoms with Crippen LogP contribution in [0, 0.1) is 0 Å². The summed E-state index contributed by atoms with van der Waals surface area (Å²) in [6.45, 7) is 0. The molecule has 0 unspecified atom stereocenters. The molecule has 4 aromatic heterocycles. The molecule has 0 aliphatic rings. The molecular formula is C51H30N4O2. The lowest BCUT2D eigenvalue weighted by Crippen LogP contribution is -2.06. The highest BCUT2D eigenvalue weighted by Crippen LogP contribution is 2.42. The van der Waals surface area contributed by atoms with Crippen molar-refractivity contribution in [3.8, 4) is 51.0 Å². The molecule has 0 amide bonds. The molecule has 6 nitrogen and oxygen atoms in total. The van der Waals surface area contributed by atoms with E-state index in [1.807, 2.05) is 84.9 Å². The van der Waals surface area contributed by atoms with Crippen LogP contribution in [-0.2, 0) is 0 Å². The van der Waals surface area contributed by atoms with Crippen LogP contribution in [0.3, 0.4) is 0 Å². The van der Waals surface area contributed by atoms with E-state index in [-0.39, 0.29) is 16.7 Å². The second kappa shape index (κ2) is 12.3. The SMILES string of the molecule is [2H]c1c([2H])c([2H])c(-c2nc(-c3c([2H])c([2H])c4c(oc5c([2H])c([2H])c([2H])c(-c6c([2H])c([2H])c([2H])c([2H])c6[2H])c54)c3[2H])nc(-n3c4cc(-c5ccccc5)ccc4c4ccc5c6ccccc6oc5c43)n2)c([2H])c1[2H]. The van der Waals surface area contributed by atoms with Gasteiger partial charge in [-0.3, -0.25) is 4.57 Å². The summed E-state index contributed by atoms with van der Waals surface area (Å²) in [4.78, 5) is 14.4. The summed E-state index contributed by atoms with van der Waals surface area (Å²) in [7, 11) is 0. The van der Waals surface area contributed by atoms with Crippen molar-refractivity contribution >= 4 is 65.7 Å². The second-order valence-corrected chi connectivity index (χ2v) is 13.2. The third-order valence-electron chi connectivity index (χ3n) is 9.97. The van der Waals surface area contributed by atoms with Crippen molar-refractivity contribution in [1.82, 2.24) is 19.5 Å². The van der Waals surface area contributed by atoms with Crippen molar-refractivity contribution in [3.63, 3.8) is 0 Å². The van der Waals surface area contributed by atoms with Gasteiger partial charge < -0.3 is 8.83 Å². The average Bonchev–Trinajstić information content (AvgIpc) is 4.09. The van der Waals surface area contributed by atoms with E-state index in [1.165, 1.54) is 0 Å². The standard InChI is InChI=1S/C51H30N4O2/c1-4-13-31(14-5-1)34-23-25-37-39-27-28-40-38-19-10-11-21-43(38)57-48(40)47(39)55(42(37)29-34)51-53-49(33-17-8-3-9-18-33)52-50(54-51)35-24-26-41-45(30-35)56-44-22-12-20-36(46(41)44)32-15-6-2-7-16-32/h1-30H/i2D,3D,6D,7D,8D,9D,12D,15D,16D,17D,18D,20D,22D,24D,26D,30D. The first kappa shape index (κ1) is 19.7. The fraction of sp³-hybridized carbons (Fsp3) is 0. The number of para-hydroxylation sites is 1. The monoisotopic (exact) mass is 746 g/mol. The van der Waals surface area contributed by atoms with Crippen LogP contribution in [-0.4, -0.2) is 19.5 Å². The molecule has 6 heteroatoms. The van der Waals surface area contributed by atoms with Crippen LogP contribution < -0.4 is 0 Å². The van der Waals surface area contributed by atoms with Crippen molar-refractivity contribution < 1.29 is 30.8 Å². The van der Waals surface area contributed by atoms with Gasteiger partial charge in [-0.15, -0.1) is 0 Å². The summed E-state index contributed by atoms with van der Waals surface area (Å²) >= 11 is 0. The number of rotatable bonds is 5. The topological polar surface area (TPSA) is 69.9 Å². The van der Waals surface area contributed by atoms with Gasteiger partial charge in [0.1, 0.15) is 22.3 Å². The van der Waals surface area contributed by atoms with E-state index in [0.717, 1.165) is 21.9 Å². The van der Waals surface area contributed by atoms with E-state index >= 15 is 0 Å². The van der Waals surface area contributed by atoms with Crippen LogP contribution >= 0.6 is 0 Å². The highest BCUT2D eigenvalue weighted by molar-refractivity contribution is 6.21. The predicted octanol–water partition coefficient (Wildman–Crippen LogP) is 13.4. The van der Waals surface area contributed by atoms with E-state index in [2.05, 4.69) is 4.98 Å². The summed E-state index contributed by atoms with van der Waals surface area (Å²) in [5, 5.41) is 2.28. The van der Waals surface area contributed by atoms with Crippen LogP contribution in [0.15, 0.2) is 190 Å². The summed E-state index contributed by atoms with van der Waals surface area (Å²) in [5.41, 5.74) is 0.807. The van der Waals surface area contributed by atoms with Crippen LogP contribution in [0.1, 0.15) is 21.9 Å². The zero-order valence-electron chi connectivity index (χ0n) is 45.2. The van der Waals surface area contributed by atoms with Gasteiger partial charge in [0.15, 0.2) is 17.2 Å². The molecule has 0 N–H and O–H groups in total. The Kier molecular flexibility index (Phi) is 4.26. The Bertz CT molecular complexity index is 4420. The lowest BCUT2D eigenvalue weighted by molar-refractivity contribution is 0.669. The zero-order chi connectivity index (χ0) is 51.4. The first-order valence-corrected chi connectivity index (χ1v) is 17.7. The van der Waals surface area contributed by atoms with E-state index in [9.17, 15) is 4.11 Å². The lowest BCUT2D eigenvalue weighted by Gasteiger charge is -2.11. The Morgan fingerprint density at radius 3 is 2.04 bits per heavy atom. The summed E-state index contributed by atoms with van der Waals surface area (Å²) in [5.74, 6) is -1.16. The third-order valence-corrected chi connectivity index (χ3v) is 9.97. The van der Waals surface area contributed by atoms with Crippen molar-refractivity contribution in [2.75, 3.05) is 0 Å². The number of hydrogen-bond donors (Lipinski definition) is 0. The summed E-state index contributed by atoms with van der Waals surface area (Å²) in [6.07, 6.45) is 0. The van der Waals surface area contributed by atoms with Crippen LogP contribution in [0.4, 0.5) is 0 Å². The Morgan fingerprint density at radius 2 is 1.19 bits per heavy atom. The second-order valence-electron chi connectivity index (χ2n) is 13.2. The Labute approximate surface area is 348 Å². The molecule has 0 aliphatic heterocycles. The van der Waals surface area contributed by atoms with Gasteiger partial charge in [0.05, 0.1) is 27.4 Å². The van der Waals surface area contributed by atoms with Gasteiger partial charge >= 0.3 is 0 Å². The quantitative estimate of drug-likeness (QED) is 0.175. The lowest BCUT2D eigenvalue weighted by atomic mass is 9.99. The predicted molar refractivity (Wildman–Crippen MR) is 230 cm³/mol. The summed E-state index contributed by atoms with van der Waals surface area (Å²) < 4.78 is 156. The van der Waals surface area contributed by atoms with Crippen LogP contribution in [0.5, 0.6) is 0 Å². The van der Waals surface area contributed by atoms with Gasteiger partial charge in [0, 0.05) is 43.4 Å². The van der Waals surface area contributed by atoms with E-state index in [0.29, 0.717) is 33.0 Å². The summed E-state index contributed by atoms with van der Waals surface area (Å²) in [6, 6.07) is 15.3. The zero-order valence-corrected chi connectivity index (χ0v) is 29.2. The van der Waals surface area contributed by atoms with Crippen molar-refractivity contribution in [2.45, 2.75) is 0 Å². The minimum absolute atomic E-state index is 0.213. The van der Waals surface area contributed by atoms with Crippen molar-refractivity contribution in [3.05, 3.63) is 182 Å². The van der Waals surface area contributed by atoms with Crippen LogP contribution in [0.25, 0.3) is 117 Å². The number of aromatic nitrogens is 4. The highest BCUT2D eigenvalue weighted by Gasteiger charge is 2.23. The molecule has 57 heavy (non-hydrogen) atoms. The molecule has 12 aromatic rings. The Balaban J connectivity index is 1.23. The third kappa shape index (κ3) is 4.94. The van der Waals surface area contributed by atoms with Gasteiger partial charge in [-0.1, -0.05) is 145 Å². The molecular weight excluding hydrogens is 701 g/mol. The smallest absolute Gasteiger partial charge is 0.238 e. The van der Waals surface area contributed by atoms with E-state index in [1.54, 1.807) is 4.57 Å². The maximum absolute atomic E-state index is 9.75. The van der Waals surface area contributed by atoms with Gasteiger partial charge in [0.2, 0.25) is 5.95 Å². The number of furan rings is 2. The molecule has 0 atom stereocenters. The molecule has 0 fully saturated rings. The number of nitrogens with zero attached hydrogens (tertiary/aromatic N) is 4. The molecule has 12 rings (SSSR count). The van der Waals surface area contributed by atoms with Gasteiger partial charge in [-0.05, 0) is 58.6 Å².